The highest BCUT2D eigenvalue weighted by Gasteiger charge is 2.46. The normalized spacial score (nSPS) is 18.1. The first-order valence-electron chi connectivity index (χ1n) is 9.72. The van der Waals surface area contributed by atoms with E-state index in [0.717, 1.165) is 12.0 Å². The Hall–Kier alpha value is -3.73. The number of aliphatic hydroxyl groups is 1. The third-order valence-corrected chi connectivity index (χ3v) is 5.28. The molecule has 1 amide bonds. The molecule has 1 heterocycles. The van der Waals surface area contributed by atoms with E-state index in [-0.39, 0.29) is 17.0 Å². The molecule has 1 aliphatic heterocycles. The molecule has 1 aliphatic rings. The van der Waals surface area contributed by atoms with Crippen molar-refractivity contribution >= 4 is 23.1 Å². The summed E-state index contributed by atoms with van der Waals surface area (Å²) in [6.07, 6.45) is 0.842. The first kappa shape index (κ1) is 19.6. The Kier molecular flexibility index (Phi) is 5.19. The van der Waals surface area contributed by atoms with Crippen LogP contribution in [0.3, 0.4) is 0 Å². The van der Waals surface area contributed by atoms with E-state index < -0.39 is 23.5 Å². The Morgan fingerprint density at radius 3 is 2.30 bits per heavy atom. The minimum absolute atomic E-state index is 0.0142. The van der Waals surface area contributed by atoms with E-state index in [9.17, 15) is 19.1 Å². The summed E-state index contributed by atoms with van der Waals surface area (Å²) in [4.78, 5) is 27.2. The number of aliphatic hydroxyl groups excluding tert-OH is 1. The number of hydrogen-bond donors (Lipinski definition) is 1. The average molecular weight is 401 g/mol. The average Bonchev–Trinajstić information content (AvgIpc) is 3.04. The van der Waals surface area contributed by atoms with Gasteiger partial charge in [-0.2, -0.15) is 0 Å². The molecular weight excluding hydrogens is 381 g/mol. The van der Waals surface area contributed by atoms with Gasteiger partial charge in [0, 0.05) is 11.3 Å². The summed E-state index contributed by atoms with van der Waals surface area (Å²) in [5.41, 5.74) is 2.43. The molecule has 30 heavy (non-hydrogen) atoms. The van der Waals surface area contributed by atoms with Crippen molar-refractivity contribution in [2.24, 2.45) is 0 Å². The fourth-order valence-electron chi connectivity index (χ4n) is 3.73. The second-order valence-corrected chi connectivity index (χ2v) is 7.11. The standard InChI is InChI=1S/C25H20FNO3/c1-2-16-11-13-18(14-12-16)23(28)21-22(17-7-4-3-5-8-17)27(25(30)24(21)29)20-10-6-9-19(26)15-20/h3-15,22,28H,2H2,1H3/b23-21+. The number of carbonyl (C=O) groups is 2. The van der Waals surface area contributed by atoms with Crippen molar-refractivity contribution in [1.29, 1.82) is 0 Å². The maximum Gasteiger partial charge on any atom is 0.300 e. The number of ketones is 1. The van der Waals surface area contributed by atoms with Gasteiger partial charge in [-0.3, -0.25) is 14.5 Å². The van der Waals surface area contributed by atoms with Gasteiger partial charge in [0.05, 0.1) is 11.6 Å². The van der Waals surface area contributed by atoms with Crippen LogP contribution in [0.1, 0.15) is 29.7 Å². The van der Waals surface area contributed by atoms with Crippen molar-refractivity contribution in [2.75, 3.05) is 4.90 Å². The first-order valence-corrected chi connectivity index (χ1v) is 9.72. The third kappa shape index (κ3) is 3.39. The van der Waals surface area contributed by atoms with Gasteiger partial charge in [-0.25, -0.2) is 4.39 Å². The summed E-state index contributed by atoms with van der Waals surface area (Å²) >= 11 is 0. The van der Waals surface area contributed by atoms with Crippen LogP contribution in [0.15, 0.2) is 84.4 Å². The smallest absolute Gasteiger partial charge is 0.300 e. The Balaban J connectivity index is 1.92. The van der Waals surface area contributed by atoms with Crippen molar-refractivity contribution in [2.45, 2.75) is 19.4 Å². The lowest BCUT2D eigenvalue weighted by Crippen LogP contribution is -2.29. The van der Waals surface area contributed by atoms with Gasteiger partial charge in [-0.15, -0.1) is 0 Å². The maximum atomic E-state index is 13.9. The SMILES string of the molecule is CCc1ccc(/C(O)=C2\C(=O)C(=O)N(c3cccc(F)c3)C2c2ccccc2)cc1. The highest BCUT2D eigenvalue weighted by atomic mass is 19.1. The second kappa shape index (κ2) is 7.95. The molecule has 0 radical (unpaired) electrons. The first-order chi connectivity index (χ1) is 14.5. The fraction of sp³-hybridized carbons (Fsp3) is 0.120. The molecule has 150 valence electrons. The molecule has 0 bridgehead atoms. The van der Waals surface area contributed by atoms with Crippen molar-refractivity contribution < 1.29 is 19.1 Å². The Bertz CT molecular complexity index is 1140. The molecule has 1 saturated heterocycles. The molecule has 0 aliphatic carbocycles. The van der Waals surface area contributed by atoms with E-state index in [4.69, 9.17) is 0 Å². The molecule has 0 aromatic heterocycles. The van der Waals surface area contributed by atoms with E-state index >= 15 is 0 Å². The van der Waals surface area contributed by atoms with Gasteiger partial charge in [-0.1, -0.05) is 67.6 Å². The Labute approximate surface area is 173 Å². The fourth-order valence-corrected chi connectivity index (χ4v) is 3.73. The molecule has 1 fully saturated rings. The quantitative estimate of drug-likeness (QED) is 0.380. The van der Waals surface area contributed by atoms with E-state index in [1.807, 2.05) is 25.1 Å². The number of rotatable bonds is 4. The molecule has 1 unspecified atom stereocenters. The molecule has 1 N–H and O–H groups in total. The van der Waals surface area contributed by atoms with Crippen LogP contribution >= 0.6 is 0 Å². The van der Waals surface area contributed by atoms with Gasteiger partial charge >= 0.3 is 0 Å². The molecule has 0 saturated carbocycles. The highest BCUT2D eigenvalue weighted by Crippen LogP contribution is 2.42. The summed E-state index contributed by atoms with van der Waals surface area (Å²) in [6, 6.07) is 20.8. The van der Waals surface area contributed by atoms with E-state index in [1.54, 1.807) is 42.5 Å². The molecule has 5 heteroatoms. The van der Waals surface area contributed by atoms with Crippen molar-refractivity contribution in [1.82, 2.24) is 0 Å². The van der Waals surface area contributed by atoms with Gasteiger partial charge in [0.1, 0.15) is 11.6 Å². The number of amides is 1. The van der Waals surface area contributed by atoms with Crippen LogP contribution in [0, 0.1) is 5.82 Å². The molecular formula is C25H20FNO3. The van der Waals surface area contributed by atoms with Crippen molar-refractivity contribution in [3.63, 3.8) is 0 Å². The van der Waals surface area contributed by atoms with E-state index in [1.165, 1.54) is 23.1 Å². The molecule has 3 aromatic rings. The summed E-state index contributed by atoms with van der Waals surface area (Å²) in [6.45, 7) is 2.02. The summed E-state index contributed by atoms with van der Waals surface area (Å²) in [7, 11) is 0. The van der Waals surface area contributed by atoms with Crippen LogP contribution < -0.4 is 4.90 Å². The predicted octanol–water partition coefficient (Wildman–Crippen LogP) is 5.01. The van der Waals surface area contributed by atoms with Gasteiger partial charge in [0.25, 0.3) is 11.7 Å². The lowest BCUT2D eigenvalue weighted by atomic mass is 9.95. The zero-order valence-electron chi connectivity index (χ0n) is 16.4. The summed E-state index contributed by atoms with van der Waals surface area (Å²) in [5, 5.41) is 11.0. The minimum Gasteiger partial charge on any atom is -0.507 e. The lowest BCUT2D eigenvalue weighted by Gasteiger charge is -2.25. The number of hydrogen-bond acceptors (Lipinski definition) is 3. The van der Waals surface area contributed by atoms with Gasteiger partial charge in [0.2, 0.25) is 0 Å². The van der Waals surface area contributed by atoms with Crippen molar-refractivity contribution in [3.05, 3.63) is 107 Å². The zero-order valence-corrected chi connectivity index (χ0v) is 16.4. The zero-order chi connectivity index (χ0) is 21.3. The van der Waals surface area contributed by atoms with E-state index in [0.29, 0.717) is 11.1 Å². The highest BCUT2D eigenvalue weighted by molar-refractivity contribution is 6.51. The minimum atomic E-state index is -0.862. The van der Waals surface area contributed by atoms with E-state index in [2.05, 4.69) is 0 Å². The molecule has 1 atom stereocenters. The lowest BCUT2D eigenvalue weighted by molar-refractivity contribution is -0.132. The number of Topliss-reactive ketones (excluding diaryl/α,β-unsaturated/α-hetero) is 1. The molecule has 0 spiro atoms. The maximum absolute atomic E-state index is 13.9. The third-order valence-electron chi connectivity index (χ3n) is 5.28. The number of halogens is 1. The Morgan fingerprint density at radius 1 is 0.967 bits per heavy atom. The number of aryl methyl sites for hydroxylation is 1. The number of carbonyl (C=O) groups excluding carboxylic acids is 2. The number of nitrogens with zero attached hydrogens (tertiary/aromatic N) is 1. The largest absolute Gasteiger partial charge is 0.507 e. The van der Waals surface area contributed by atoms with Gasteiger partial charge in [0.15, 0.2) is 0 Å². The van der Waals surface area contributed by atoms with Crippen LogP contribution in [0.25, 0.3) is 5.76 Å². The predicted molar refractivity (Wildman–Crippen MR) is 113 cm³/mol. The van der Waals surface area contributed by atoms with Crippen LogP contribution in [-0.4, -0.2) is 16.8 Å². The number of benzene rings is 3. The van der Waals surface area contributed by atoms with Gasteiger partial charge in [-0.05, 0) is 35.7 Å². The van der Waals surface area contributed by atoms with Crippen molar-refractivity contribution in [3.8, 4) is 0 Å². The summed E-state index contributed by atoms with van der Waals surface area (Å²) < 4.78 is 13.9. The van der Waals surface area contributed by atoms with Crippen LogP contribution in [0.2, 0.25) is 0 Å². The molecule has 4 nitrogen and oxygen atoms in total. The molecule has 3 aromatic carbocycles. The van der Waals surface area contributed by atoms with Crippen LogP contribution in [0.4, 0.5) is 10.1 Å². The van der Waals surface area contributed by atoms with Crippen LogP contribution in [-0.2, 0) is 16.0 Å². The topological polar surface area (TPSA) is 57.6 Å². The van der Waals surface area contributed by atoms with Crippen LogP contribution in [0.5, 0.6) is 0 Å². The molecule has 4 rings (SSSR count). The monoisotopic (exact) mass is 401 g/mol. The summed E-state index contributed by atoms with van der Waals surface area (Å²) in [5.74, 6) is -2.37. The Morgan fingerprint density at radius 2 is 1.67 bits per heavy atom. The number of anilines is 1. The second-order valence-electron chi connectivity index (χ2n) is 7.11. The van der Waals surface area contributed by atoms with Gasteiger partial charge < -0.3 is 5.11 Å².